The van der Waals surface area contributed by atoms with Gasteiger partial charge < -0.3 is 9.47 Å². The van der Waals surface area contributed by atoms with Crippen LogP contribution in [0.5, 0.6) is 5.75 Å². The molecule has 0 amide bonds. The third-order valence-corrected chi connectivity index (χ3v) is 2.41. The zero-order chi connectivity index (χ0) is 16.3. The van der Waals surface area contributed by atoms with Gasteiger partial charge in [-0.05, 0) is 44.9 Å². The third-order valence-electron chi connectivity index (χ3n) is 2.41. The van der Waals surface area contributed by atoms with Gasteiger partial charge in [0.25, 0.3) is 0 Å². The first kappa shape index (κ1) is 17.3. The first-order valence-electron chi connectivity index (χ1n) is 6.47. The SMILES string of the molecule is Cc1ccc(CC(=O)OC(C)(C)C)cc1OCC(F)(F)F. The fraction of sp³-hybridized carbons (Fsp3) is 0.533. The van der Waals surface area contributed by atoms with Crippen molar-refractivity contribution in [2.75, 3.05) is 6.61 Å². The molecule has 0 saturated heterocycles. The van der Waals surface area contributed by atoms with Gasteiger partial charge in [0.2, 0.25) is 0 Å². The standard InChI is InChI=1S/C15H19F3O3/c1-10-5-6-11(8-13(19)21-14(2,3)4)7-12(10)20-9-15(16,17)18/h5-7H,8-9H2,1-4H3. The molecule has 0 heterocycles. The Bertz CT molecular complexity index is 502. The zero-order valence-corrected chi connectivity index (χ0v) is 12.5. The van der Waals surface area contributed by atoms with Gasteiger partial charge in [-0.1, -0.05) is 12.1 Å². The average molecular weight is 304 g/mol. The molecule has 0 atom stereocenters. The quantitative estimate of drug-likeness (QED) is 0.793. The number of halogens is 3. The lowest BCUT2D eigenvalue weighted by molar-refractivity contribution is -0.155. The van der Waals surface area contributed by atoms with E-state index in [-0.39, 0.29) is 12.2 Å². The molecule has 0 N–H and O–H groups in total. The molecule has 0 unspecified atom stereocenters. The number of ether oxygens (including phenoxy) is 2. The van der Waals surface area contributed by atoms with Crippen LogP contribution in [0.4, 0.5) is 13.2 Å². The van der Waals surface area contributed by atoms with E-state index in [1.54, 1.807) is 39.8 Å². The van der Waals surface area contributed by atoms with Crippen molar-refractivity contribution in [2.45, 2.75) is 45.9 Å². The Morgan fingerprint density at radius 1 is 1.19 bits per heavy atom. The van der Waals surface area contributed by atoms with Gasteiger partial charge >= 0.3 is 12.1 Å². The highest BCUT2D eigenvalue weighted by Gasteiger charge is 2.28. The molecular weight excluding hydrogens is 285 g/mol. The number of hydrogen-bond acceptors (Lipinski definition) is 3. The highest BCUT2D eigenvalue weighted by atomic mass is 19.4. The average Bonchev–Trinajstić information content (AvgIpc) is 2.26. The molecule has 0 aliphatic rings. The third kappa shape index (κ3) is 7.02. The maximum absolute atomic E-state index is 12.2. The molecule has 1 aromatic rings. The largest absolute Gasteiger partial charge is 0.484 e. The maximum atomic E-state index is 12.2. The highest BCUT2D eigenvalue weighted by molar-refractivity contribution is 5.73. The fourth-order valence-electron chi connectivity index (χ4n) is 1.61. The van der Waals surface area contributed by atoms with Gasteiger partial charge in [0.05, 0.1) is 6.42 Å². The Morgan fingerprint density at radius 3 is 2.33 bits per heavy atom. The number of hydrogen-bond donors (Lipinski definition) is 0. The van der Waals surface area contributed by atoms with Crippen LogP contribution < -0.4 is 4.74 Å². The Kier molecular flexibility index (Phi) is 5.25. The van der Waals surface area contributed by atoms with Crippen LogP contribution in [0.2, 0.25) is 0 Å². The van der Waals surface area contributed by atoms with E-state index >= 15 is 0 Å². The van der Waals surface area contributed by atoms with Crippen LogP contribution in [0.15, 0.2) is 18.2 Å². The van der Waals surface area contributed by atoms with E-state index < -0.39 is 24.4 Å². The molecule has 0 aliphatic carbocycles. The second-order valence-corrected chi connectivity index (χ2v) is 5.77. The van der Waals surface area contributed by atoms with E-state index in [1.165, 1.54) is 6.07 Å². The van der Waals surface area contributed by atoms with Crippen molar-refractivity contribution in [1.29, 1.82) is 0 Å². The number of aryl methyl sites for hydroxylation is 1. The second kappa shape index (κ2) is 6.37. The summed E-state index contributed by atoms with van der Waals surface area (Å²) in [6.45, 7) is 5.53. The Hall–Kier alpha value is -1.72. The first-order valence-corrected chi connectivity index (χ1v) is 6.47. The summed E-state index contributed by atoms with van der Waals surface area (Å²) >= 11 is 0. The molecular formula is C15H19F3O3. The molecule has 0 spiro atoms. The number of rotatable bonds is 4. The number of esters is 1. The molecule has 1 rings (SSSR count). The first-order chi connectivity index (χ1) is 9.46. The minimum Gasteiger partial charge on any atom is -0.484 e. The number of benzene rings is 1. The predicted octanol–water partition coefficient (Wildman–Crippen LogP) is 3.82. The molecule has 0 bridgehead atoms. The van der Waals surface area contributed by atoms with Gasteiger partial charge in [0.1, 0.15) is 11.4 Å². The molecule has 1 aromatic carbocycles. The van der Waals surface area contributed by atoms with Crippen LogP contribution in [0.25, 0.3) is 0 Å². The van der Waals surface area contributed by atoms with Gasteiger partial charge in [-0.3, -0.25) is 4.79 Å². The van der Waals surface area contributed by atoms with Gasteiger partial charge in [-0.25, -0.2) is 0 Å². The zero-order valence-electron chi connectivity index (χ0n) is 12.5. The molecule has 0 fully saturated rings. The van der Waals surface area contributed by atoms with Crippen LogP contribution in [-0.4, -0.2) is 24.4 Å². The van der Waals surface area contributed by atoms with E-state index in [0.29, 0.717) is 11.1 Å². The van der Waals surface area contributed by atoms with E-state index in [0.717, 1.165) is 0 Å². The lowest BCUT2D eigenvalue weighted by atomic mass is 10.1. The number of alkyl halides is 3. The molecule has 118 valence electrons. The summed E-state index contributed by atoms with van der Waals surface area (Å²) in [5, 5.41) is 0. The van der Waals surface area contributed by atoms with Crippen molar-refractivity contribution in [3.05, 3.63) is 29.3 Å². The summed E-state index contributed by atoms with van der Waals surface area (Å²) in [4.78, 5) is 11.7. The van der Waals surface area contributed by atoms with Gasteiger partial charge in [-0.2, -0.15) is 13.2 Å². The van der Waals surface area contributed by atoms with Crippen molar-refractivity contribution >= 4 is 5.97 Å². The fourth-order valence-corrected chi connectivity index (χ4v) is 1.61. The molecule has 6 heteroatoms. The smallest absolute Gasteiger partial charge is 0.422 e. The Morgan fingerprint density at radius 2 is 1.81 bits per heavy atom. The second-order valence-electron chi connectivity index (χ2n) is 5.77. The van der Waals surface area contributed by atoms with Crippen LogP contribution in [0.1, 0.15) is 31.9 Å². The number of carbonyl (C=O) groups excluding carboxylic acids is 1. The van der Waals surface area contributed by atoms with Crippen molar-refractivity contribution < 1.29 is 27.4 Å². The topological polar surface area (TPSA) is 35.5 Å². The van der Waals surface area contributed by atoms with Crippen molar-refractivity contribution in [2.24, 2.45) is 0 Å². The van der Waals surface area contributed by atoms with Crippen molar-refractivity contribution in [1.82, 2.24) is 0 Å². The van der Waals surface area contributed by atoms with Crippen LogP contribution >= 0.6 is 0 Å². The van der Waals surface area contributed by atoms with Gasteiger partial charge in [-0.15, -0.1) is 0 Å². The van der Waals surface area contributed by atoms with Gasteiger partial charge in [0, 0.05) is 0 Å². The number of carbonyl (C=O) groups is 1. The molecule has 21 heavy (non-hydrogen) atoms. The van der Waals surface area contributed by atoms with Crippen molar-refractivity contribution in [3.8, 4) is 5.75 Å². The molecule has 3 nitrogen and oxygen atoms in total. The van der Waals surface area contributed by atoms with Crippen LogP contribution in [0, 0.1) is 6.92 Å². The summed E-state index contributed by atoms with van der Waals surface area (Å²) < 4.78 is 46.4. The predicted molar refractivity (Wildman–Crippen MR) is 72.3 cm³/mol. The van der Waals surface area contributed by atoms with E-state index in [9.17, 15) is 18.0 Å². The maximum Gasteiger partial charge on any atom is 0.422 e. The normalized spacial score (nSPS) is 12.1. The van der Waals surface area contributed by atoms with E-state index in [4.69, 9.17) is 9.47 Å². The molecule has 0 saturated carbocycles. The Balaban J connectivity index is 2.75. The summed E-state index contributed by atoms with van der Waals surface area (Å²) in [5.74, 6) is -0.318. The minimum absolute atomic E-state index is 0.0140. The minimum atomic E-state index is -4.40. The van der Waals surface area contributed by atoms with Crippen LogP contribution in [-0.2, 0) is 16.0 Å². The molecule has 0 aromatic heterocycles. The molecule has 0 radical (unpaired) electrons. The van der Waals surface area contributed by atoms with Gasteiger partial charge in [0.15, 0.2) is 6.61 Å². The summed E-state index contributed by atoms with van der Waals surface area (Å²) in [5.41, 5.74) is 0.524. The van der Waals surface area contributed by atoms with E-state index in [2.05, 4.69) is 0 Å². The lowest BCUT2D eigenvalue weighted by Gasteiger charge is -2.19. The molecule has 0 aliphatic heterocycles. The summed E-state index contributed by atoms with van der Waals surface area (Å²) in [7, 11) is 0. The van der Waals surface area contributed by atoms with E-state index in [1.807, 2.05) is 0 Å². The summed E-state index contributed by atoms with van der Waals surface area (Å²) in [6, 6.07) is 4.72. The lowest BCUT2D eigenvalue weighted by Crippen LogP contribution is -2.25. The van der Waals surface area contributed by atoms with Crippen LogP contribution in [0.3, 0.4) is 0 Å². The highest BCUT2D eigenvalue weighted by Crippen LogP contribution is 2.23. The van der Waals surface area contributed by atoms with Crippen molar-refractivity contribution in [3.63, 3.8) is 0 Å². The monoisotopic (exact) mass is 304 g/mol. The Labute approximate surface area is 122 Å². The summed E-state index contributed by atoms with van der Waals surface area (Å²) in [6.07, 6.45) is -4.41.